The van der Waals surface area contributed by atoms with Crippen LogP contribution in [0.2, 0.25) is 0 Å². The SMILES string of the molecule is CCCC(C)CC12CCC1(C(C)C)CC2. The van der Waals surface area contributed by atoms with E-state index in [4.69, 9.17) is 0 Å². The maximum Gasteiger partial charge on any atom is -0.0217 e. The van der Waals surface area contributed by atoms with Crippen LogP contribution >= 0.6 is 0 Å². The second-order valence-corrected chi connectivity index (χ2v) is 6.69. The third kappa shape index (κ3) is 1.47. The van der Waals surface area contributed by atoms with Crippen LogP contribution in [-0.4, -0.2) is 0 Å². The summed E-state index contributed by atoms with van der Waals surface area (Å²) in [5.41, 5.74) is 1.59. The van der Waals surface area contributed by atoms with Crippen molar-refractivity contribution in [1.29, 1.82) is 0 Å². The molecule has 0 aromatic carbocycles. The molecule has 2 aliphatic rings. The van der Waals surface area contributed by atoms with E-state index in [1.165, 1.54) is 32.1 Å². The van der Waals surface area contributed by atoms with Crippen LogP contribution < -0.4 is 0 Å². The van der Waals surface area contributed by atoms with Gasteiger partial charge in [0.2, 0.25) is 0 Å². The van der Waals surface area contributed by atoms with Crippen molar-refractivity contribution in [3.05, 3.63) is 0 Å². The van der Waals surface area contributed by atoms with E-state index >= 15 is 0 Å². The topological polar surface area (TPSA) is 0 Å². The van der Waals surface area contributed by atoms with E-state index in [9.17, 15) is 0 Å². The summed E-state index contributed by atoms with van der Waals surface area (Å²) < 4.78 is 0. The maximum atomic E-state index is 2.47. The van der Waals surface area contributed by atoms with Crippen molar-refractivity contribution in [2.45, 2.75) is 72.6 Å². The predicted octanol–water partition coefficient (Wildman–Crippen LogP) is 5.03. The quantitative estimate of drug-likeness (QED) is 0.594. The third-order valence-electron chi connectivity index (χ3n) is 5.78. The van der Waals surface area contributed by atoms with Crippen molar-refractivity contribution < 1.29 is 0 Å². The van der Waals surface area contributed by atoms with Gasteiger partial charge in [0.15, 0.2) is 0 Å². The van der Waals surface area contributed by atoms with Crippen molar-refractivity contribution in [1.82, 2.24) is 0 Å². The van der Waals surface area contributed by atoms with Crippen molar-refractivity contribution in [3.8, 4) is 0 Å². The summed E-state index contributed by atoms with van der Waals surface area (Å²) in [7, 11) is 0. The molecule has 0 aromatic rings. The summed E-state index contributed by atoms with van der Waals surface area (Å²) in [4.78, 5) is 0. The number of hydrogen-bond acceptors (Lipinski definition) is 0. The zero-order chi connectivity index (χ0) is 11.1. The van der Waals surface area contributed by atoms with Gasteiger partial charge in [-0.1, -0.05) is 40.5 Å². The van der Waals surface area contributed by atoms with Crippen molar-refractivity contribution in [3.63, 3.8) is 0 Å². The highest BCUT2D eigenvalue weighted by Gasteiger charge is 2.65. The second-order valence-electron chi connectivity index (χ2n) is 6.69. The molecule has 1 unspecified atom stereocenters. The van der Waals surface area contributed by atoms with E-state index in [-0.39, 0.29) is 0 Å². The van der Waals surface area contributed by atoms with Crippen LogP contribution in [0.25, 0.3) is 0 Å². The minimum Gasteiger partial charge on any atom is -0.0654 e. The van der Waals surface area contributed by atoms with E-state index in [1.807, 2.05) is 0 Å². The van der Waals surface area contributed by atoms with E-state index in [2.05, 4.69) is 27.7 Å². The molecule has 0 nitrogen and oxygen atoms in total. The molecule has 0 heteroatoms. The normalized spacial score (nSPS) is 40.6. The van der Waals surface area contributed by atoms with Crippen LogP contribution in [-0.2, 0) is 0 Å². The Morgan fingerprint density at radius 2 is 1.60 bits per heavy atom. The van der Waals surface area contributed by atoms with Gasteiger partial charge in [0, 0.05) is 0 Å². The van der Waals surface area contributed by atoms with E-state index in [0.717, 1.165) is 22.7 Å². The summed E-state index contributed by atoms with van der Waals surface area (Å²) in [6.45, 7) is 9.71. The first-order valence-electron chi connectivity index (χ1n) is 7.06. The zero-order valence-electron chi connectivity index (χ0n) is 11.1. The molecule has 0 radical (unpaired) electrons. The number of fused-ring (bicyclic) bond motifs is 1. The van der Waals surface area contributed by atoms with Crippen LogP contribution in [0, 0.1) is 22.7 Å². The fourth-order valence-corrected chi connectivity index (χ4v) is 4.71. The number of hydrogen-bond donors (Lipinski definition) is 0. The lowest BCUT2D eigenvalue weighted by Gasteiger charge is -2.71. The minimum atomic E-state index is 0.787. The highest BCUT2D eigenvalue weighted by Crippen LogP contribution is 2.75. The van der Waals surface area contributed by atoms with Crippen LogP contribution in [0.15, 0.2) is 0 Å². The summed E-state index contributed by atoms with van der Waals surface area (Å²) in [6, 6.07) is 0. The fraction of sp³-hybridized carbons (Fsp3) is 1.00. The van der Waals surface area contributed by atoms with Crippen LogP contribution in [0.3, 0.4) is 0 Å². The summed E-state index contributed by atoms with van der Waals surface area (Å²) in [5, 5.41) is 0. The van der Waals surface area contributed by atoms with Crippen molar-refractivity contribution in [2.75, 3.05) is 0 Å². The van der Waals surface area contributed by atoms with Crippen LogP contribution in [0.4, 0.5) is 0 Å². The molecular formula is C15H28. The first kappa shape index (κ1) is 11.5. The monoisotopic (exact) mass is 208 g/mol. The largest absolute Gasteiger partial charge is 0.0654 e. The van der Waals surface area contributed by atoms with Gasteiger partial charge >= 0.3 is 0 Å². The number of rotatable bonds is 5. The van der Waals surface area contributed by atoms with Gasteiger partial charge in [-0.25, -0.2) is 0 Å². The smallest absolute Gasteiger partial charge is 0.0217 e. The Kier molecular flexibility index (Phi) is 2.90. The summed E-state index contributed by atoms with van der Waals surface area (Å²) >= 11 is 0. The molecule has 0 N–H and O–H groups in total. The second kappa shape index (κ2) is 3.79. The van der Waals surface area contributed by atoms with Gasteiger partial charge < -0.3 is 0 Å². The molecule has 0 spiro atoms. The van der Waals surface area contributed by atoms with Gasteiger partial charge in [-0.3, -0.25) is 0 Å². The molecule has 2 rings (SSSR count). The molecule has 0 amide bonds. The van der Waals surface area contributed by atoms with Gasteiger partial charge in [0.1, 0.15) is 0 Å². The standard InChI is InChI=1S/C15H28/c1-5-6-13(4)11-14-7-9-15(14,10-8-14)12(2)3/h12-13H,5-11H2,1-4H3. The zero-order valence-corrected chi connectivity index (χ0v) is 11.1. The first-order valence-corrected chi connectivity index (χ1v) is 7.06. The average molecular weight is 208 g/mol. The molecule has 0 saturated heterocycles. The Balaban J connectivity index is 1.97. The lowest BCUT2D eigenvalue weighted by atomic mass is 9.33. The van der Waals surface area contributed by atoms with Gasteiger partial charge in [0.05, 0.1) is 0 Å². The highest BCUT2D eigenvalue weighted by molar-refractivity contribution is 5.15. The van der Waals surface area contributed by atoms with Gasteiger partial charge in [-0.2, -0.15) is 0 Å². The Hall–Kier alpha value is 0. The molecule has 0 aliphatic heterocycles. The molecule has 2 fully saturated rings. The van der Waals surface area contributed by atoms with E-state index < -0.39 is 0 Å². The van der Waals surface area contributed by atoms with Crippen LogP contribution in [0.1, 0.15) is 72.6 Å². The van der Waals surface area contributed by atoms with E-state index in [0.29, 0.717) is 0 Å². The van der Waals surface area contributed by atoms with Crippen molar-refractivity contribution in [2.24, 2.45) is 22.7 Å². The fourth-order valence-electron chi connectivity index (χ4n) is 4.71. The molecule has 2 aliphatic carbocycles. The van der Waals surface area contributed by atoms with Gasteiger partial charge in [-0.05, 0) is 54.8 Å². The predicted molar refractivity (Wildman–Crippen MR) is 66.9 cm³/mol. The molecule has 2 saturated carbocycles. The van der Waals surface area contributed by atoms with Gasteiger partial charge in [0.25, 0.3) is 0 Å². The maximum absolute atomic E-state index is 2.47. The van der Waals surface area contributed by atoms with Gasteiger partial charge in [-0.15, -0.1) is 0 Å². The Bertz CT molecular complexity index is 218. The third-order valence-corrected chi connectivity index (χ3v) is 5.78. The molecule has 0 heterocycles. The average Bonchev–Trinajstić information content (AvgIpc) is 2.15. The Morgan fingerprint density at radius 3 is 1.93 bits per heavy atom. The molecule has 1 atom stereocenters. The Morgan fingerprint density at radius 1 is 1.00 bits per heavy atom. The molecule has 88 valence electrons. The molecule has 0 bridgehead atoms. The molecule has 0 aromatic heterocycles. The minimum absolute atomic E-state index is 0.787. The summed E-state index contributed by atoms with van der Waals surface area (Å²) in [5.74, 6) is 1.89. The Labute approximate surface area is 95.8 Å². The lowest BCUT2D eigenvalue weighted by Crippen LogP contribution is -2.62. The highest BCUT2D eigenvalue weighted by atomic mass is 14.7. The van der Waals surface area contributed by atoms with E-state index in [1.54, 1.807) is 12.8 Å². The van der Waals surface area contributed by atoms with Crippen molar-refractivity contribution >= 4 is 0 Å². The molecular weight excluding hydrogens is 180 g/mol. The lowest BCUT2D eigenvalue weighted by molar-refractivity contribution is -0.217. The van der Waals surface area contributed by atoms with Crippen LogP contribution in [0.5, 0.6) is 0 Å². The summed E-state index contributed by atoms with van der Waals surface area (Å²) in [6.07, 6.45) is 10.5. The molecule has 15 heavy (non-hydrogen) atoms. The first-order chi connectivity index (χ1) is 7.06.